The molecule has 10 heteroatoms. The third kappa shape index (κ3) is 8.11. The average molecular weight is 573 g/mol. The van der Waals surface area contributed by atoms with Gasteiger partial charge in [-0.05, 0) is 26.7 Å². The van der Waals surface area contributed by atoms with Crippen LogP contribution in [0.1, 0.15) is 86.2 Å². The van der Waals surface area contributed by atoms with Gasteiger partial charge in [0.05, 0.1) is 13.2 Å². The number of unbranched alkanes of at least 4 members (excludes halogenated alkanes) is 7. The van der Waals surface area contributed by atoms with Gasteiger partial charge in [-0.3, -0.25) is 0 Å². The molecular weight excluding hydrogens is 532 g/mol. The molecule has 2 heterocycles. The highest BCUT2D eigenvalue weighted by Crippen LogP contribution is 2.25. The van der Waals surface area contributed by atoms with Crippen LogP contribution < -0.4 is 0 Å². The van der Waals surface area contributed by atoms with Crippen LogP contribution in [0.4, 0.5) is 0 Å². The van der Waals surface area contributed by atoms with E-state index in [9.17, 15) is 9.59 Å². The number of aryl methyl sites for hydroxylation is 2. The van der Waals surface area contributed by atoms with Crippen LogP contribution in [0, 0.1) is 0 Å². The lowest BCUT2D eigenvalue weighted by atomic mass is 10.1. The number of nitrogens with zero attached hydrogens (tertiary/aromatic N) is 6. The van der Waals surface area contributed by atoms with Crippen LogP contribution in [0.2, 0.25) is 0 Å². The van der Waals surface area contributed by atoms with Gasteiger partial charge in [-0.1, -0.05) is 110 Å². The SMILES string of the molecule is CCOC(=O)c1nnn(CCCCCCCCCCn2nnc(C(=O)OCC)c2-c2ccccc2)c1-c1ccccc1. The van der Waals surface area contributed by atoms with E-state index in [1.54, 1.807) is 13.8 Å². The Labute approximate surface area is 247 Å². The van der Waals surface area contributed by atoms with Crippen LogP contribution in [-0.2, 0) is 22.6 Å². The van der Waals surface area contributed by atoms with E-state index in [4.69, 9.17) is 9.47 Å². The first-order chi connectivity index (χ1) is 20.6. The molecule has 0 radical (unpaired) electrons. The molecule has 2 aromatic carbocycles. The number of benzene rings is 2. The van der Waals surface area contributed by atoms with E-state index in [1.807, 2.05) is 70.0 Å². The zero-order valence-electron chi connectivity index (χ0n) is 24.6. The Morgan fingerprint density at radius 3 is 1.29 bits per heavy atom. The van der Waals surface area contributed by atoms with Crippen molar-refractivity contribution in [1.29, 1.82) is 0 Å². The molecule has 0 saturated heterocycles. The first-order valence-electron chi connectivity index (χ1n) is 15.0. The molecule has 0 atom stereocenters. The zero-order chi connectivity index (χ0) is 29.6. The number of carbonyl (C=O) groups is 2. The lowest BCUT2D eigenvalue weighted by Crippen LogP contribution is -2.08. The molecule has 222 valence electrons. The fourth-order valence-electron chi connectivity index (χ4n) is 4.96. The summed E-state index contributed by atoms with van der Waals surface area (Å²) in [5.41, 5.74) is 3.77. The van der Waals surface area contributed by atoms with E-state index >= 15 is 0 Å². The molecule has 0 aliphatic carbocycles. The van der Waals surface area contributed by atoms with Crippen molar-refractivity contribution in [3.8, 4) is 22.5 Å². The summed E-state index contributed by atoms with van der Waals surface area (Å²) in [6, 6.07) is 19.5. The molecule has 4 aromatic rings. The molecule has 0 fully saturated rings. The molecular formula is C32H40N6O4. The van der Waals surface area contributed by atoms with Crippen LogP contribution in [0.5, 0.6) is 0 Å². The molecule has 0 amide bonds. The fraction of sp³-hybridized carbons (Fsp3) is 0.438. The quantitative estimate of drug-likeness (QED) is 0.106. The first kappa shape index (κ1) is 30.6. The van der Waals surface area contributed by atoms with Crippen LogP contribution in [0.15, 0.2) is 60.7 Å². The topological polar surface area (TPSA) is 114 Å². The number of aromatic nitrogens is 6. The van der Waals surface area contributed by atoms with Crippen molar-refractivity contribution in [3.63, 3.8) is 0 Å². The van der Waals surface area contributed by atoms with E-state index in [-0.39, 0.29) is 11.4 Å². The Bertz CT molecular complexity index is 1290. The summed E-state index contributed by atoms with van der Waals surface area (Å²) >= 11 is 0. The summed E-state index contributed by atoms with van der Waals surface area (Å²) in [6.07, 6.45) is 8.71. The normalized spacial score (nSPS) is 11.0. The van der Waals surface area contributed by atoms with E-state index in [0.717, 1.165) is 49.7 Å². The highest BCUT2D eigenvalue weighted by Gasteiger charge is 2.23. The molecule has 0 aliphatic rings. The highest BCUT2D eigenvalue weighted by atomic mass is 16.5. The van der Waals surface area contributed by atoms with E-state index in [2.05, 4.69) is 20.6 Å². The van der Waals surface area contributed by atoms with Crippen LogP contribution in [-0.4, -0.2) is 55.1 Å². The molecule has 0 bridgehead atoms. The second kappa shape index (κ2) is 16.2. The van der Waals surface area contributed by atoms with E-state index in [1.165, 1.54) is 12.8 Å². The predicted molar refractivity (Wildman–Crippen MR) is 160 cm³/mol. The van der Waals surface area contributed by atoms with E-state index in [0.29, 0.717) is 37.7 Å². The third-order valence-corrected chi connectivity index (χ3v) is 6.99. The van der Waals surface area contributed by atoms with Gasteiger partial charge in [-0.2, -0.15) is 0 Å². The van der Waals surface area contributed by atoms with Gasteiger partial charge in [0.2, 0.25) is 0 Å². The first-order valence-corrected chi connectivity index (χ1v) is 15.0. The monoisotopic (exact) mass is 572 g/mol. The van der Waals surface area contributed by atoms with Gasteiger partial charge in [-0.15, -0.1) is 10.2 Å². The smallest absolute Gasteiger partial charge is 0.361 e. The number of hydrogen-bond donors (Lipinski definition) is 0. The zero-order valence-corrected chi connectivity index (χ0v) is 24.6. The molecule has 0 unspecified atom stereocenters. The molecule has 42 heavy (non-hydrogen) atoms. The molecule has 0 aliphatic heterocycles. The van der Waals surface area contributed by atoms with Crippen molar-refractivity contribution in [3.05, 3.63) is 72.1 Å². The summed E-state index contributed by atoms with van der Waals surface area (Å²) in [7, 11) is 0. The third-order valence-electron chi connectivity index (χ3n) is 6.99. The second-order valence-electron chi connectivity index (χ2n) is 10.0. The highest BCUT2D eigenvalue weighted by molar-refractivity contribution is 5.94. The standard InChI is InChI=1S/C32H40N6O4/c1-3-41-31(39)27-29(25-19-13-11-14-20-25)37(35-33-27)23-17-9-7-5-6-8-10-18-24-38-30(26-21-15-12-16-22-26)28(34-36-38)32(40)42-4-2/h11-16,19-22H,3-10,17-18,23-24H2,1-2H3. The Hall–Kier alpha value is -4.34. The van der Waals surface area contributed by atoms with Gasteiger partial charge < -0.3 is 9.47 Å². The van der Waals surface area contributed by atoms with Crippen molar-refractivity contribution >= 4 is 11.9 Å². The van der Waals surface area contributed by atoms with Crippen molar-refractivity contribution in [1.82, 2.24) is 30.0 Å². The minimum absolute atomic E-state index is 0.266. The fourth-order valence-corrected chi connectivity index (χ4v) is 4.96. The molecule has 0 saturated carbocycles. The van der Waals surface area contributed by atoms with Crippen LogP contribution in [0.3, 0.4) is 0 Å². The summed E-state index contributed by atoms with van der Waals surface area (Å²) in [5, 5.41) is 16.8. The Morgan fingerprint density at radius 2 is 0.929 bits per heavy atom. The van der Waals surface area contributed by atoms with Crippen molar-refractivity contribution in [2.45, 2.75) is 78.3 Å². The maximum atomic E-state index is 12.4. The lowest BCUT2D eigenvalue weighted by Gasteiger charge is -2.09. The number of ether oxygens (including phenoxy) is 2. The van der Waals surface area contributed by atoms with Crippen LogP contribution >= 0.6 is 0 Å². The van der Waals surface area contributed by atoms with Gasteiger partial charge in [0.25, 0.3) is 0 Å². The van der Waals surface area contributed by atoms with E-state index < -0.39 is 11.9 Å². The average Bonchev–Trinajstić information content (AvgIpc) is 3.64. The van der Waals surface area contributed by atoms with Gasteiger partial charge in [0.1, 0.15) is 11.4 Å². The maximum absolute atomic E-state index is 12.4. The Morgan fingerprint density at radius 1 is 0.571 bits per heavy atom. The summed E-state index contributed by atoms with van der Waals surface area (Å²) in [5.74, 6) is -0.885. The number of carbonyl (C=O) groups excluding carboxylic acids is 2. The molecule has 4 rings (SSSR count). The largest absolute Gasteiger partial charge is 0.461 e. The van der Waals surface area contributed by atoms with Crippen LogP contribution in [0.25, 0.3) is 22.5 Å². The molecule has 10 nitrogen and oxygen atoms in total. The van der Waals surface area contributed by atoms with Crippen molar-refractivity contribution < 1.29 is 19.1 Å². The van der Waals surface area contributed by atoms with Gasteiger partial charge in [-0.25, -0.2) is 19.0 Å². The van der Waals surface area contributed by atoms with Gasteiger partial charge >= 0.3 is 11.9 Å². The van der Waals surface area contributed by atoms with Gasteiger partial charge in [0, 0.05) is 24.2 Å². The second-order valence-corrected chi connectivity index (χ2v) is 10.0. The number of esters is 2. The summed E-state index contributed by atoms with van der Waals surface area (Å²) in [6.45, 7) is 5.56. The number of hydrogen-bond acceptors (Lipinski definition) is 8. The Kier molecular flexibility index (Phi) is 11.8. The summed E-state index contributed by atoms with van der Waals surface area (Å²) in [4.78, 5) is 24.9. The van der Waals surface area contributed by atoms with Crippen molar-refractivity contribution in [2.75, 3.05) is 13.2 Å². The van der Waals surface area contributed by atoms with Gasteiger partial charge in [0.15, 0.2) is 11.4 Å². The van der Waals surface area contributed by atoms with Crippen molar-refractivity contribution in [2.24, 2.45) is 0 Å². The minimum atomic E-state index is -0.442. The maximum Gasteiger partial charge on any atom is 0.361 e. The molecule has 2 aromatic heterocycles. The Balaban J connectivity index is 1.19. The minimum Gasteiger partial charge on any atom is -0.461 e. The number of rotatable bonds is 17. The molecule has 0 N–H and O–H groups in total. The lowest BCUT2D eigenvalue weighted by molar-refractivity contribution is 0.0510. The predicted octanol–water partition coefficient (Wildman–Crippen LogP) is 6.38. The molecule has 0 spiro atoms. The summed E-state index contributed by atoms with van der Waals surface area (Å²) < 4.78 is 14.0.